The third-order valence-electron chi connectivity index (χ3n) is 4.23. The molecule has 0 N–H and O–H groups in total. The van der Waals surface area contributed by atoms with Crippen molar-refractivity contribution in [2.45, 2.75) is 32.9 Å². The number of nitrogens with zero attached hydrogens (tertiary/aromatic N) is 7. The average molecular weight is 333 g/mol. The van der Waals surface area contributed by atoms with Crippen LogP contribution in [0.2, 0.25) is 0 Å². The Hall–Kier alpha value is -2.58. The molecular formula is C15H20FN7O. The molecule has 1 aliphatic heterocycles. The minimum absolute atomic E-state index is 0.0865. The fourth-order valence-corrected chi connectivity index (χ4v) is 2.88. The van der Waals surface area contributed by atoms with E-state index in [4.69, 9.17) is 0 Å². The van der Waals surface area contributed by atoms with E-state index in [1.807, 2.05) is 11.8 Å². The summed E-state index contributed by atoms with van der Waals surface area (Å²) in [5.74, 6) is 1.17. The molecule has 1 fully saturated rings. The van der Waals surface area contributed by atoms with Crippen molar-refractivity contribution in [3.63, 3.8) is 0 Å². The molecule has 9 heteroatoms. The van der Waals surface area contributed by atoms with Gasteiger partial charge >= 0.3 is 0 Å². The van der Waals surface area contributed by atoms with E-state index in [1.54, 1.807) is 17.7 Å². The van der Waals surface area contributed by atoms with Gasteiger partial charge in [-0.05, 0) is 36.4 Å². The zero-order valence-corrected chi connectivity index (χ0v) is 13.8. The van der Waals surface area contributed by atoms with Crippen molar-refractivity contribution in [2.75, 3.05) is 24.5 Å². The fraction of sp³-hybridized carbons (Fsp3) is 0.533. The number of anilines is 1. The Kier molecular flexibility index (Phi) is 4.68. The Morgan fingerprint density at radius 3 is 2.83 bits per heavy atom. The van der Waals surface area contributed by atoms with Crippen molar-refractivity contribution < 1.29 is 9.18 Å². The first kappa shape index (κ1) is 16.3. The SMILES string of the molecule is Cc1nnnn1CCC(=O)N1CCN(c2ccc(F)cn2)C(C)C1. The van der Waals surface area contributed by atoms with Gasteiger partial charge in [-0.3, -0.25) is 4.79 Å². The number of hydrogen-bond acceptors (Lipinski definition) is 6. The van der Waals surface area contributed by atoms with Crippen LogP contribution in [-0.4, -0.2) is 61.7 Å². The van der Waals surface area contributed by atoms with Gasteiger partial charge in [0.25, 0.3) is 0 Å². The van der Waals surface area contributed by atoms with E-state index < -0.39 is 0 Å². The number of rotatable bonds is 4. The third kappa shape index (κ3) is 3.50. The van der Waals surface area contributed by atoms with Gasteiger partial charge in [-0.2, -0.15) is 0 Å². The van der Waals surface area contributed by atoms with Gasteiger partial charge in [0.2, 0.25) is 5.91 Å². The van der Waals surface area contributed by atoms with Crippen LogP contribution in [0.4, 0.5) is 10.2 Å². The Bertz CT molecular complexity index is 702. The maximum absolute atomic E-state index is 13.0. The minimum atomic E-state index is -0.349. The van der Waals surface area contributed by atoms with E-state index in [0.29, 0.717) is 38.4 Å². The van der Waals surface area contributed by atoms with Crippen LogP contribution in [0.25, 0.3) is 0 Å². The second-order valence-corrected chi connectivity index (χ2v) is 5.92. The lowest BCUT2D eigenvalue weighted by molar-refractivity contribution is -0.132. The molecule has 0 aromatic carbocycles. The van der Waals surface area contributed by atoms with E-state index in [-0.39, 0.29) is 17.8 Å². The van der Waals surface area contributed by atoms with Crippen molar-refractivity contribution >= 4 is 11.7 Å². The number of pyridine rings is 1. The number of halogens is 1. The molecule has 0 radical (unpaired) electrons. The monoisotopic (exact) mass is 333 g/mol. The molecule has 0 spiro atoms. The molecular weight excluding hydrogens is 313 g/mol. The van der Waals surface area contributed by atoms with E-state index in [0.717, 1.165) is 5.82 Å². The van der Waals surface area contributed by atoms with Gasteiger partial charge in [-0.15, -0.1) is 5.10 Å². The van der Waals surface area contributed by atoms with Crippen LogP contribution in [0.1, 0.15) is 19.2 Å². The van der Waals surface area contributed by atoms with Crippen LogP contribution in [0.5, 0.6) is 0 Å². The van der Waals surface area contributed by atoms with Crippen LogP contribution in [0.3, 0.4) is 0 Å². The number of amides is 1. The van der Waals surface area contributed by atoms with E-state index in [9.17, 15) is 9.18 Å². The maximum atomic E-state index is 13.0. The number of aromatic nitrogens is 5. The van der Waals surface area contributed by atoms with Crippen LogP contribution >= 0.6 is 0 Å². The van der Waals surface area contributed by atoms with Gasteiger partial charge in [-0.1, -0.05) is 0 Å². The molecule has 24 heavy (non-hydrogen) atoms. The predicted octanol–water partition coefficient (Wildman–Crippen LogP) is 0.643. The molecule has 8 nitrogen and oxygen atoms in total. The molecule has 1 amide bonds. The van der Waals surface area contributed by atoms with Gasteiger partial charge in [0.15, 0.2) is 0 Å². The van der Waals surface area contributed by atoms with Crippen LogP contribution in [-0.2, 0) is 11.3 Å². The summed E-state index contributed by atoms with van der Waals surface area (Å²) in [6.07, 6.45) is 1.58. The van der Waals surface area contributed by atoms with Crippen LogP contribution < -0.4 is 4.90 Å². The summed E-state index contributed by atoms with van der Waals surface area (Å²) in [5.41, 5.74) is 0. The molecule has 0 aliphatic carbocycles. The molecule has 2 aromatic heterocycles. The number of carbonyl (C=O) groups is 1. The van der Waals surface area contributed by atoms with Crippen molar-refractivity contribution in [2.24, 2.45) is 0 Å². The average Bonchev–Trinajstić information content (AvgIpc) is 2.98. The first-order chi connectivity index (χ1) is 11.5. The number of tetrazole rings is 1. The first-order valence-corrected chi connectivity index (χ1v) is 7.93. The van der Waals surface area contributed by atoms with Gasteiger partial charge in [-0.25, -0.2) is 14.1 Å². The molecule has 128 valence electrons. The third-order valence-corrected chi connectivity index (χ3v) is 4.23. The minimum Gasteiger partial charge on any atom is -0.350 e. The normalized spacial score (nSPS) is 18.0. The smallest absolute Gasteiger partial charge is 0.224 e. The Labute approximate surface area is 139 Å². The summed E-state index contributed by atoms with van der Waals surface area (Å²) in [4.78, 5) is 20.5. The van der Waals surface area contributed by atoms with Crippen molar-refractivity contribution in [1.82, 2.24) is 30.1 Å². The molecule has 1 unspecified atom stereocenters. The molecule has 0 saturated carbocycles. The summed E-state index contributed by atoms with van der Waals surface area (Å²) < 4.78 is 14.6. The second-order valence-electron chi connectivity index (χ2n) is 5.92. The lowest BCUT2D eigenvalue weighted by Gasteiger charge is -2.40. The van der Waals surface area contributed by atoms with Gasteiger partial charge in [0, 0.05) is 32.1 Å². The van der Waals surface area contributed by atoms with Crippen molar-refractivity contribution in [3.05, 3.63) is 30.0 Å². The molecule has 2 aromatic rings. The molecule has 1 atom stereocenters. The standard InChI is InChI=1S/C15H20FN7O/c1-11-10-21(15(24)5-6-23-12(2)18-19-20-23)7-8-22(11)14-4-3-13(16)9-17-14/h3-4,9,11H,5-8,10H2,1-2H3. The molecule has 3 rings (SSSR count). The van der Waals surface area contributed by atoms with E-state index in [1.165, 1.54) is 12.3 Å². The van der Waals surface area contributed by atoms with Crippen LogP contribution in [0.15, 0.2) is 18.3 Å². The summed E-state index contributed by atoms with van der Waals surface area (Å²) in [5, 5.41) is 11.2. The number of piperazine rings is 1. The molecule has 0 bridgehead atoms. The first-order valence-electron chi connectivity index (χ1n) is 7.93. The van der Waals surface area contributed by atoms with E-state index in [2.05, 4.69) is 25.4 Å². The quantitative estimate of drug-likeness (QED) is 0.817. The fourth-order valence-electron chi connectivity index (χ4n) is 2.88. The van der Waals surface area contributed by atoms with Gasteiger partial charge in [0.05, 0.1) is 12.7 Å². The Balaban J connectivity index is 1.55. The number of hydrogen-bond donors (Lipinski definition) is 0. The Morgan fingerprint density at radius 2 is 2.21 bits per heavy atom. The lowest BCUT2D eigenvalue weighted by atomic mass is 10.1. The topological polar surface area (TPSA) is 80.0 Å². The van der Waals surface area contributed by atoms with Crippen molar-refractivity contribution in [1.29, 1.82) is 0 Å². The van der Waals surface area contributed by atoms with Crippen LogP contribution in [0, 0.1) is 12.7 Å². The lowest BCUT2D eigenvalue weighted by Crippen LogP contribution is -2.54. The highest BCUT2D eigenvalue weighted by Gasteiger charge is 2.27. The zero-order valence-electron chi connectivity index (χ0n) is 13.8. The highest BCUT2D eigenvalue weighted by molar-refractivity contribution is 5.76. The highest BCUT2D eigenvalue weighted by atomic mass is 19.1. The van der Waals surface area contributed by atoms with E-state index >= 15 is 0 Å². The highest BCUT2D eigenvalue weighted by Crippen LogP contribution is 2.19. The van der Waals surface area contributed by atoms with Crippen molar-refractivity contribution in [3.8, 4) is 0 Å². The summed E-state index contributed by atoms with van der Waals surface area (Å²) in [6.45, 7) is 6.24. The number of carbonyl (C=O) groups excluding carboxylic acids is 1. The zero-order chi connectivity index (χ0) is 17.1. The Morgan fingerprint density at radius 1 is 1.38 bits per heavy atom. The van der Waals surface area contributed by atoms with Gasteiger partial charge < -0.3 is 9.80 Å². The maximum Gasteiger partial charge on any atom is 0.224 e. The summed E-state index contributed by atoms with van der Waals surface area (Å²) >= 11 is 0. The molecule has 1 aliphatic rings. The van der Waals surface area contributed by atoms with Gasteiger partial charge in [0.1, 0.15) is 17.5 Å². The molecule has 3 heterocycles. The number of aryl methyl sites for hydroxylation is 2. The molecule has 1 saturated heterocycles. The largest absolute Gasteiger partial charge is 0.350 e. The summed E-state index contributed by atoms with van der Waals surface area (Å²) in [7, 11) is 0. The second kappa shape index (κ2) is 6.90. The summed E-state index contributed by atoms with van der Waals surface area (Å²) in [6, 6.07) is 3.20. The predicted molar refractivity (Wildman–Crippen MR) is 84.8 cm³/mol.